The van der Waals surface area contributed by atoms with Crippen molar-refractivity contribution in [3.8, 4) is 11.6 Å². The van der Waals surface area contributed by atoms with Crippen LogP contribution in [0.15, 0.2) is 58.9 Å². The van der Waals surface area contributed by atoms with Crippen LogP contribution < -0.4 is 10.3 Å². The number of carbonyl (C=O) groups is 1. The quantitative estimate of drug-likeness (QED) is 0.284. The summed E-state index contributed by atoms with van der Waals surface area (Å²) in [5, 5.41) is 0.603. The van der Waals surface area contributed by atoms with Gasteiger partial charge in [-0.25, -0.2) is 0 Å². The van der Waals surface area contributed by atoms with Crippen LogP contribution in [0.25, 0.3) is 11.7 Å². The molecule has 0 unspecified atom stereocenters. The SMILES string of the molecule is C=CCN1C(=O)/C(=C\c2c(Oc3ccc(Cl)c(C)c3)nc3c(C)cccn3c2=O)SC1=S. The first kappa shape index (κ1) is 22.3. The lowest BCUT2D eigenvalue weighted by molar-refractivity contribution is -0.121. The Morgan fingerprint density at radius 2 is 2.03 bits per heavy atom. The molecule has 0 bridgehead atoms. The first-order chi connectivity index (χ1) is 15.3. The van der Waals surface area contributed by atoms with E-state index in [0.717, 1.165) is 22.9 Å². The van der Waals surface area contributed by atoms with Crippen molar-refractivity contribution in [2.45, 2.75) is 13.8 Å². The lowest BCUT2D eigenvalue weighted by atomic mass is 10.2. The molecule has 0 aliphatic carbocycles. The van der Waals surface area contributed by atoms with E-state index in [-0.39, 0.29) is 22.9 Å². The Labute approximate surface area is 199 Å². The van der Waals surface area contributed by atoms with E-state index in [2.05, 4.69) is 11.6 Å². The highest BCUT2D eigenvalue weighted by Crippen LogP contribution is 2.34. The molecule has 3 aromatic rings. The van der Waals surface area contributed by atoms with E-state index in [9.17, 15) is 9.59 Å². The molecule has 0 N–H and O–H groups in total. The number of rotatable bonds is 5. The summed E-state index contributed by atoms with van der Waals surface area (Å²) in [6, 6.07) is 8.80. The third-order valence-corrected chi connectivity index (χ3v) is 6.66. The average molecular weight is 484 g/mol. The fourth-order valence-corrected chi connectivity index (χ4v) is 4.58. The number of halogens is 1. The van der Waals surface area contributed by atoms with Crippen LogP contribution in [-0.2, 0) is 4.79 Å². The maximum atomic E-state index is 13.4. The number of carbonyl (C=O) groups excluding carboxylic acids is 1. The summed E-state index contributed by atoms with van der Waals surface area (Å²) in [5.74, 6) is 0.285. The fraction of sp³-hybridized carbons (Fsp3) is 0.130. The molecule has 1 amide bonds. The van der Waals surface area contributed by atoms with Crippen molar-refractivity contribution in [3.05, 3.63) is 86.2 Å². The molecule has 1 aliphatic rings. The summed E-state index contributed by atoms with van der Waals surface area (Å²) in [7, 11) is 0. The summed E-state index contributed by atoms with van der Waals surface area (Å²) in [5.41, 5.74) is 1.90. The van der Waals surface area contributed by atoms with Crippen molar-refractivity contribution < 1.29 is 9.53 Å². The van der Waals surface area contributed by atoms with Crippen LogP contribution in [0.4, 0.5) is 0 Å². The predicted octanol–water partition coefficient (Wildman–Crippen LogP) is 5.14. The largest absolute Gasteiger partial charge is 0.438 e. The molecule has 162 valence electrons. The smallest absolute Gasteiger partial charge is 0.269 e. The molecule has 1 saturated heterocycles. The zero-order valence-corrected chi connectivity index (χ0v) is 19.7. The average Bonchev–Trinajstić information content (AvgIpc) is 3.02. The molecule has 0 spiro atoms. The van der Waals surface area contributed by atoms with Crippen molar-refractivity contribution in [2.75, 3.05) is 6.54 Å². The van der Waals surface area contributed by atoms with Gasteiger partial charge in [-0.05, 0) is 55.3 Å². The van der Waals surface area contributed by atoms with Crippen LogP contribution in [0.2, 0.25) is 5.02 Å². The van der Waals surface area contributed by atoms with Crippen LogP contribution in [-0.4, -0.2) is 31.1 Å². The number of pyridine rings is 1. The Morgan fingerprint density at radius 1 is 1.25 bits per heavy atom. The minimum absolute atomic E-state index is 0.0972. The van der Waals surface area contributed by atoms with Gasteiger partial charge in [0.25, 0.3) is 11.5 Å². The second-order valence-electron chi connectivity index (χ2n) is 7.11. The molecule has 0 radical (unpaired) electrons. The van der Waals surface area contributed by atoms with Crippen molar-refractivity contribution in [3.63, 3.8) is 0 Å². The molecule has 9 heteroatoms. The number of nitrogens with zero attached hydrogens (tertiary/aromatic N) is 3. The van der Waals surface area contributed by atoms with E-state index >= 15 is 0 Å². The van der Waals surface area contributed by atoms with Crippen LogP contribution >= 0.6 is 35.6 Å². The molecule has 0 saturated carbocycles. The number of hydrogen-bond donors (Lipinski definition) is 0. The van der Waals surface area contributed by atoms with Crippen LogP contribution in [0.3, 0.4) is 0 Å². The summed E-state index contributed by atoms with van der Waals surface area (Å²) in [6.07, 6.45) is 4.72. The summed E-state index contributed by atoms with van der Waals surface area (Å²) < 4.78 is 7.87. The van der Waals surface area contributed by atoms with Gasteiger partial charge in [0.15, 0.2) is 0 Å². The molecular weight excluding hydrogens is 466 g/mol. The highest BCUT2D eigenvalue weighted by Gasteiger charge is 2.32. The Balaban J connectivity index is 1.89. The maximum Gasteiger partial charge on any atom is 0.269 e. The molecule has 6 nitrogen and oxygen atoms in total. The third-order valence-electron chi connectivity index (χ3n) is 4.85. The molecule has 4 rings (SSSR count). The van der Waals surface area contributed by atoms with Crippen molar-refractivity contribution in [1.29, 1.82) is 0 Å². The zero-order valence-electron chi connectivity index (χ0n) is 17.3. The molecule has 32 heavy (non-hydrogen) atoms. The predicted molar refractivity (Wildman–Crippen MR) is 133 cm³/mol. The molecule has 1 aromatic carbocycles. The number of thioether (sulfide) groups is 1. The van der Waals surface area contributed by atoms with Crippen molar-refractivity contribution in [2.24, 2.45) is 0 Å². The number of amides is 1. The first-order valence-electron chi connectivity index (χ1n) is 9.62. The minimum atomic E-state index is -0.353. The number of ether oxygens (including phenoxy) is 1. The number of aryl methyl sites for hydroxylation is 2. The molecule has 0 atom stereocenters. The van der Waals surface area contributed by atoms with Gasteiger partial charge in [0.2, 0.25) is 5.88 Å². The fourth-order valence-electron chi connectivity index (χ4n) is 3.20. The van der Waals surface area contributed by atoms with E-state index < -0.39 is 0 Å². The van der Waals surface area contributed by atoms with Crippen LogP contribution in [0, 0.1) is 13.8 Å². The van der Waals surface area contributed by atoms with Gasteiger partial charge in [-0.15, -0.1) is 6.58 Å². The van der Waals surface area contributed by atoms with Gasteiger partial charge in [0.1, 0.15) is 21.3 Å². The standard InChI is InChI=1S/C23H18ClN3O3S2/c1-4-9-27-22(29)18(32-23(27)31)12-16-20(30-15-7-8-17(24)14(3)11-15)25-19-13(2)6-5-10-26(19)21(16)28/h4-8,10-12H,1,9H2,2-3H3/b18-12+. The Bertz CT molecular complexity index is 1380. The van der Waals surface area contributed by atoms with Gasteiger partial charge in [0, 0.05) is 17.8 Å². The third kappa shape index (κ3) is 4.09. The maximum absolute atomic E-state index is 13.4. The second kappa shape index (κ2) is 8.90. The van der Waals surface area contributed by atoms with Crippen LogP contribution in [0.1, 0.15) is 16.7 Å². The van der Waals surface area contributed by atoms with Gasteiger partial charge in [0.05, 0.1) is 4.91 Å². The van der Waals surface area contributed by atoms with Gasteiger partial charge >= 0.3 is 0 Å². The minimum Gasteiger partial charge on any atom is -0.438 e. The molecule has 1 aliphatic heterocycles. The molecule has 3 heterocycles. The Kier molecular flexibility index (Phi) is 6.19. The monoisotopic (exact) mass is 483 g/mol. The van der Waals surface area contributed by atoms with E-state index in [1.54, 1.807) is 36.5 Å². The lowest BCUT2D eigenvalue weighted by Gasteiger charge is -2.12. The van der Waals surface area contributed by atoms with E-state index in [1.165, 1.54) is 15.4 Å². The second-order valence-corrected chi connectivity index (χ2v) is 9.20. The van der Waals surface area contributed by atoms with E-state index in [1.807, 2.05) is 19.9 Å². The Morgan fingerprint density at radius 3 is 2.75 bits per heavy atom. The Hall–Kier alpha value is -2.94. The summed E-state index contributed by atoms with van der Waals surface area (Å²) in [4.78, 5) is 32.6. The lowest BCUT2D eigenvalue weighted by Crippen LogP contribution is -2.28. The first-order valence-corrected chi connectivity index (χ1v) is 11.2. The summed E-state index contributed by atoms with van der Waals surface area (Å²) in [6.45, 7) is 7.67. The number of thiocarbonyl (C=S) groups is 1. The van der Waals surface area contributed by atoms with Gasteiger partial charge < -0.3 is 4.74 Å². The summed E-state index contributed by atoms with van der Waals surface area (Å²) >= 11 is 12.6. The topological polar surface area (TPSA) is 63.9 Å². The normalized spacial score (nSPS) is 15.1. The van der Waals surface area contributed by atoms with E-state index in [4.69, 9.17) is 28.6 Å². The number of fused-ring (bicyclic) bond motifs is 1. The van der Waals surface area contributed by atoms with E-state index in [0.29, 0.717) is 32.2 Å². The number of benzene rings is 1. The van der Waals surface area contributed by atoms with Crippen LogP contribution in [0.5, 0.6) is 11.6 Å². The van der Waals surface area contributed by atoms with Crippen molar-refractivity contribution in [1.82, 2.24) is 14.3 Å². The van der Waals surface area contributed by atoms with Gasteiger partial charge in [-0.1, -0.05) is 47.7 Å². The zero-order chi connectivity index (χ0) is 23.0. The molecule has 1 fully saturated rings. The number of aromatic nitrogens is 2. The highest BCUT2D eigenvalue weighted by molar-refractivity contribution is 8.26. The molecule has 2 aromatic heterocycles. The van der Waals surface area contributed by atoms with Gasteiger partial charge in [-0.3, -0.25) is 18.9 Å². The van der Waals surface area contributed by atoms with Crippen molar-refractivity contribution >= 4 is 57.5 Å². The number of hydrogen-bond acceptors (Lipinski definition) is 6. The highest BCUT2D eigenvalue weighted by atomic mass is 35.5. The van der Waals surface area contributed by atoms with Gasteiger partial charge in [-0.2, -0.15) is 4.98 Å². The molecular formula is C23H18ClN3O3S2.